The first-order valence-corrected chi connectivity index (χ1v) is 4.52. The van der Waals surface area contributed by atoms with E-state index in [4.69, 9.17) is 4.74 Å². The predicted octanol–water partition coefficient (Wildman–Crippen LogP) is 2.05. The molecule has 0 aliphatic heterocycles. The van der Waals surface area contributed by atoms with Crippen LogP contribution >= 0.6 is 0 Å². The molecule has 0 amide bonds. The largest absolute Gasteiger partial charge is 0.381 e. The number of hydrogen-bond acceptors (Lipinski definition) is 2. The van der Waals surface area contributed by atoms with Gasteiger partial charge in [-0.3, -0.25) is 0 Å². The molecule has 0 bridgehead atoms. The number of nitrogens with one attached hydrogen (secondary N) is 1. The number of ether oxygens (including phenoxy) is 1. The van der Waals surface area contributed by atoms with Crippen LogP contribution in [0.1, 0.15) is 33.6 Å². The second-order valence-electron chi connectivity index (χ2n) is 2.16. The smallest absolute Gasteiger partial charge is 0.0580 e. The van der Waals surface area contributed by atoms with Crippen molar-refractivity contribution in [3.63, 3.8) is 0 Å². The molecule has 70 valence electrons. The Bertz CT molecular complexity index is 53.5. The van der Waals surface area contributed by atoms with Crippen LogP contribution in [-0.2, 0) is 4.74 Å². The van der Waals surface area contributed by atoms with Crippen LogP contribution in [0.2, 0.25) is 0 Å². The zero-order chi connectivity index (χ0) is 9.11. The lowest BCUT2D eigenvalue weighted by Gasteiger charge is -2.11. The van der Waals surface area contributed by atoms with E-state index in [1.165, 1.54) is 0 Å². The highest BCUT2D eigenvalue weighted by atomic mass is 16.5. The fourth-order valence-corrected chi connectivity index (χ4v) is 0.794. The van der Waals surface area contributed by atoms with E-state index in [0.29, 0.717) is 6.10 Å². The summed E-state index contributed by atoms with van der Waals surface area (Å²) < 4.78 is 5.16. The van der Waals surface area contributed by atoms with E-state index in [-0.39, 0.29) is 0 Å². The van der Waals surface area contributed by atoms with Gasteiger partial charge in [-0.1, -0.05) is 20.8 Å². The molecule has 0 aliphatic rings. The summed E-state index contributed by atoms with van der Waals surface area (Å²) in [7, 11) is 3.73. The number of rotatable bonds is 5. The van der Waals surface area contributed by atoms with Crippen molar-refractivity contribution in [1.29, 1.82) is 0 Å². The van der Waals surface area contributed by atoms with Crippen molar-refractivity contribution in [2.45, 2.75) is 39.7 Å². The number of hydrogen-bond donors (Lipinski definition) is 1. The van der Waals surface area contributed by atoms with Crippen LogP contribution in [0.25, 0.3) is 0 Å². The van der Waals surface area contributed by atoms with Gasteiger partial charge < -0.3 is 10.1 Å². The van der Waals surface area contributed by atoms with Crippen LogP contribution in [0.3, 0.4) is 0 Å². The fourth-order valence-electron chi connectivity index (χ4n) is 0.794. The molecule has 1 N–H and O–H groups in total. The van der Waals surface area contributed by atoms with Crippen LogP contribution in [0.5, 0.6) is 0 Å². The van der Waals surface area contributed by atoms with Gasteiger partial charge >= 0.3 is 0 Å². The highest BCUT2D eigenvalue weighted by Gasteiger charge is 2.00. The second kappa shape index (κ2) is 12.6. The standard InChI is InChI=1S/C7H17NO.C2H6/c1-4-7(9-3)5-6-8-2;1-2/h7-8H,4-6H2,1-3H3;1-2H3. The van der Waals surface area contributed by atoms with Gasteiger partial charge in [-0.25, -0.2) is 0 Å². The van der Waals surface area contributed by atoms with Gasteiger partial charge in [0.15, 0.2) is 0 Å². The van der Waals surface area contributed by atoms with E-state index in [9.17, 15) is 0 Å². The third kappa shape index (κ3) is 9.92. The number of methoxy groups -OCH3 is 1. The molecule has 0 spiro atoms. The molecule has 2 heteroatoms. The van der Waals surface area contributed by atoms with Crippen LogP contribution < -0.4 is 5.32 Å². The molecule has 1 unspecified atom stereocenters. The summed E-state index contributed by atoms with van der Waals surface area (Å²) in [4.78, 5) is 0. The molecule has 0 rings (SSSR count). The normalized spacial score (nSPS) is 11.7. The molecule has 0 heterocycles. The minimum absolute atomic E-state index is 0.442. The summed E-state index contributed by atoms with van der Waals surface area (Å²) in [5, 5.41) is 3.09. The second-order valence-corrected chi connectivity index (χ2v) is 2.16. The van der Waals surface area contributed by atoms with E-state index < -0.39 is 0 Å². The lowest BCUT2D eigenvalue weighted by atomic mass is 10.2. The molecule has 2 nitrogen and oxygen atoms in total. The average Bonchev–Trinajstić information content (AvgIpc) is 2.10. The Morgan fingerprint density at radius 2 is 1.91 bits per heavy atom. The topological polar surface area (TPSA) is 21.3 Å². The van der Waals surface area contributed by atoms with Crippen LogP contribution in [0.15, 0.2) is 0 Å². The maximum atomic E-state index is 5.16. The van der Waals surface area contributed by atoms with E-state index in [2.05, 4.69) is 12.2 Å². The van der Waals surface area contributed by atoms with Gasteiger partial charge in [0.25, 0.3) is 0 Å². The van der Waals surface area contributed by atoms with Gasteiger partial charge in [-0.05, 0) is 26.4 Å². The monoisotopic (exact) mass is 161 g/mol. The van der Waals surface area contributed by atoms with Crippen molar-refractivity contribution in [2.24, 2.45) is 0 Å². The summed E-state index contributed by atoms with van der Waals surface area (Å²) in [6, 6.07) is 0. The summed E-state index contributed by atoms with van der Waals surface area (Å²) >= 11 is 0. The zero-order valence-electron chi connectivity index (χ0n) is 8.61. The van der Waals surface area contributed by atoms with Crippen molar-refractivity contribution < 1.29 is 4.74 Å². The van der Waals surface area contributed by atoms with Crippen molar-refractivity contribution >= 4 is 0 Å². The SMILES string of the molecule is CC.CCC(CCNC)OC. The van der Waals surface area contributed by atoms with E-state index in [1.54, 1.807) is 7.11 Å². The third-order valence-corrected chi connectivity index (χ3v) is 1.50. The quantitative estimate of drug-likeness (QED) is 0.666. The Kier molecular flexibility index (Phi) is 15.4. The summed E-state index contributed by atoms with van der Waals surface area (Å²) in [6.07, 6.45) is 2.67. The minimum atomic E-state index is 0.442. The van der Waals surface area contributed by atoms with Crippen LogP contribution in [0.4, 0.5) is 0 Å². The molecule has 0 aromatic carbocycles. The van der Waals surface area contributed by atoms with E-state index in [0.717, 1.165) is 19.4 Å². The Morgan fingerprint density at radius 1 is 1.36 bits per heavy atom. The van der Waals surface area contributed by atoms with Crippen molar-refractivity contribution in [3.05, 3.63) is 0 Å². The first-order chi connectivity index (χ1) is 5.35. The molecule has 0 aromatic heterocycles. The lowest BCUT2D eigenvalue weighted by Crippen LogP contribution is -2.17. The van der Waals surface area contributed by atoms with E-state index in [1.807, 2.05) is 20.9 Å². The van der Waals surface area contributed by atoms with Crippen molar-refractivity contribution in [3.8, 4) is 0 Å². The first-order valence-electron chi connectivity index (χ1n) is 4.52. The van der Waals surface area contributed by atoms with Crippen LogP contribution in [-0.4, -0.2) is 26.8 Å². The molecule has 0 aromatic rings. The Morgan fingerprint density at radius 3 is 2.18 bits per heavy atom. The average molecular weight is 161 g/mol. The van der Waals surface area contributed by atoms with Gasteiger partial charge in [0.05, 0.1) is 6.10 Å². The lowest BCUT2D eigenvalue weighted by molar-refractivity contribution is 0.0927. The summed E-state index contributed by atoms with van der Waals surface area (Å²) in [6.45, 7) is 7.19. The van der Waals surface area contributed by atoms with Crippen molar-refractivity contribution in [1.82, 2.24) is 5.32 Å². The highest BCUT2D eigenvalue weighted by Crippen LogP contribution is 1.99. The maximum Gasteiger partial charge on any atom is 0.0580 e. The van der Waals surface area contributed by atoms with Gasteiger partial charge in [-0.15, -0.1) is 0 Å². The van der Waals surface area contributed by atoms with Gasteiger partial charge in [0.1, 0.15) is 0 Å². The predicted molar refractivity (Wildman–Crippen MR) is 51.0 cm³/mol. The van der Waals surface area contributed by atoms with Gasteiger partial charge in [0.2, 0.25) is 0 Å². The molecule has 0 radical (unpaired) electrons. The van der Waals surface area contributed by atoms with Gasteiger partial charge in [0, 0.05) is 7.11 Å². The van der Waals surface area contributed by atoms with Gasteiger partial charge in [-0.2, -0.15) is 0 Å². The summed E-state index contributed by atoms with van der Waals surface area (Å²) in [5.74, 6) is 0. The molecular weight excluding hydrogens is 138 g/mol. The Hall–Kier alpha value is -0.0800. The molecule has 0 saturated heterocycles. The molecule has 0 saturated carbocycles. The highest BCUT2D eigenvalue weighted by molar-refractivity contribution is 4.54. The molecule has 1 atom stereocenters. The Labute approximate surface area is 71.3 Å². The third-order valence-electron chi connectivity index (χ3n) is 1.50. The molecular formula is C9H23NO. The minimum Gasteiger partial charge on any atom is -0.381 e. The van der Waals surface area contributed by atoms with Crippen LogP contribution in [0, 0.1) is 0 Å². The van der Waals surface area contributed by atoms with E-state index >= 15 is 0 Å². The Balaban J connectivity index is 0. The fraction of sp³-hybridized carbons (Fsp3) is 1.00. The summed E-state index contributed by atoms with van der Waals surface area (Å²) in [5.41, 5.74) is 0. The van der Waals surface area contributed by atoms with Crippen molar-refractivity contribution in [2.75, 3.05) is 20.7 Å². The maximum absolute atomic E-state index is 5.16. The molecule has 0 aliphatic carbocycles. The molecule has 0 fully saturated rings. The first kappa shape index (κ1) is 13.5. The zero-order valence-corrected chi connectivity index (χ0v) is 8.61. The molecule has 11 heavy (non-hydrogen) atoms.